The van der Waals surface area contributed by atoms with Gasteiger partial charge in [-0.3, -0.25) is 4.57 Å². The first-order valence-corrected chi connectivity index (χ1v) is 3.64. The van der Waals surface area contributed by atoms with Crippen LogP contribution in [0.5, 0.6) is 0 Å². The van der Waals surface area contributed by atoms with Gasteiger partial charge >= 0.3 is 35.6 Å². The zero-order valence-electron chi connectivity index (χ0n) is 7.64. The molecule has 0 saturated carbocycles. The molecule has 0 aliphatic rings. The molecule has 2 amide bonds. The molecule has 0 atom stereocenters. The van der Waals surface area contributed by atoms with E-state index in [0.717, 1.165) is 0 Å². The Morgan fingerprint density at radius 1 is 1.33 bits per heavy atom. The number of urea groups is 1. The second-order valence-electron chi connectivity index (χ2n) is 1.13. The fourth-order valence-corrected chi connectivity index (χ4v) is 0. The van der Waals surface area contributed by atoms with Crippen LogP contribution in [0.3, 0.4) is 0 Å². The molecule has 0 fully saturated rings. The molecule has 0 rings (SSSR count). The molecule has 0 spiro atoms. The number of primary amides is 2. The molecule has 0 aromatic rings. The van der Waals surface area contributed by atoms with Crippen LogP contribution in [0.2, 0.25) is 0 Å². The van der Waals surface area contributed by atoms with Gasteiger partial charge in [-0.05, 0) is 0 Å². The van der Waals surface area contributed by atoms with Crippen molar-refractivity contribution in [3.8, 4) is 0 Å². The number of hydrogen-bond acceptors (Lipinski definition) is 6. The van der Waals surface area contributed by atoms with Gasteiger partial charge in [0.1, 0.15) is 0 Å². The van der Waals surface area contributed by atoms with Gasteiger partial charge in [0.25, 0.3) is 12.9 Å². The van der Waals surface area contributed by atoms with Crippen molar-refractivity contribution in [2.75, 3.05) is 0 Å². The number of carbonyl (C=O) groups excluding carboxylic acids is 1. The maximum Gasteiger partial charge on any atom is 1.00 e. The van der Waals surface area contributed by atoms with E-state index in [1.54, 1.807) is 0 Å². The van der Waals surface area contributed by atoms with E-state index < -0.39 is 18.9 Å². The minimum atomic E-state index is -4.89. The number of carbonyl (C=O) groups is 1. The number of rotatable bonds is 0. The van der Waals surface area contributed by atoms with Crippen LogP contribution in [0, 0.1) is 10.1 Å². The summed E-state index contributed by atoms with van der Waals surface area (Å²) in [6.07, 6.45) is 0. The Labute approximate surface area is 105 Å². The van der Waals surface area contributed by atoms with E-state index in [0.29, 0.717) is 0 Å². The molecule has 14 heteroatoms. The number of nitrogens with zero attached hydrogens (tertiary/aromatic N) is 1. The third-order valence-corrected chi connectivity index (χ3v) is 0. The Morgan fingerprint density at radius 3 is 1.33 bits per heavy atom. The van der Waals surface area contributed by atoms with Gasteiger partial charge in [-0.25, -0.2) is 4.79 Å². The van der Waals surface area contributed by atoms with E-state index in [4.69, 9.17) is 39.4 Å². The minimum absolute atomic E-state index is 0. The van der Waals surface area contributed by atoms with Crippen molar-refractivity contribution in [2.45, 2.75) is 0 Å². The van der Waals surface area contributed by atoms with Crippen LogP contribution in [0.25, 0.3) is 0 Å². The van der Waals surface area contributed by atoms with Crippen molar-refractivity contribution in [2.24, 2.45) is 11.5 Å². The van der Waals surface area contributed by atoms with Gasteiger partial charge in [0.05, 0.1) is 0 Å². The average molecular weight is 260 g/mol. The molecule has 12 nitrogen and oxygen atoms in total. The Hall–Kier alpha value is -0.460. The second kappa shape index (κ2) is 16.0. The van der Waals surface area contributed by atoms with Crippen molar-refractivity contribution >= 4 is 13.9 Å². The summed E-state index contributed by atoms with van der Waals surface area (Å²) < 4.78 is 8.77. The van der Waals surface area contributed by atoms with Gasteiger partial charge in [-0.1, -0.05) is 0 Å². The molecule has 0 bridgehead atoms. The number of hydrogen-bond donors (Lipinski definition) is 6. The van der Waals surface area contributed by atoms with Crippen molar-refractivity contribution in [3.05, 3.63) is 10.1 Å². The predicted molar refractivity (Wildman–Crippen MR) is 39.6 cm³/mol. The van der Waals surface area contributed by atoms with E-state index in [9.17, 15) is 0 Å². The zero-order valence-corrected chi connectivity index (χ0v) is 10.5. The molecule has 0 aromatic carbocycles. The Bertz CT molecular complexity index is 175. The minimum Gasteiger partial charge on any atom is -0.756 e. The van der Waals surface area contributed by atoms with Gasteiger partial charge in [-0.2, -0.15) is 0 Å². The van der Waals surface area contributed by atoms with Gasteiger partial charge in [0.15, 0.2) is 0 Å². The maximum atomic E-state index is 9.00. The van der Waals surface area contributed by atoms with Crippen LogP contribution in [0.4, 0.5) is 4.79 Å². The second-order valence-corrected chi connectivity index (χ2v) is 2.11. The van der Waals surface area contributed by atoms with Crippen LogP contribution < -0.4 is 52.1 Å². The monoisotopic (exact) mass is 260 g/mol. The predicted octanol–water partition coefficient (Wildman–Crippen LogP) is -5.72. The van der Waals surface area contributed by atoms with Crippen molar-refractivity contribution in [1.82, 2.24) is 6.15 Å². The molecule has 0 heterocycles. The maximum absolute atomic E-state index is 9.00. The third kappa shape index (κ3) is 8520. The van der Waals surface area contributed by atoms with Gasteiger partial charge in [0, 0.05) is 0 Å². The fourth-order valence-electron chi connectivity index (χ4n) is 0. The SMILES string of the molecule is N.NC(N)=O.O=P([O-])(O)O.O=[N+]([O-])O.[Na+]. The standard InChI is InChI=1S/CH4N2O.HNO3.H3N.Na.H3O4P/c2*2-1(3)4;;;1-5(2,3)4/h(H4,2,3,4);(H,2,3,4);1H3;;(H3,1,2,3,4)/q;;;+1;/p-1. The van der Waals surface area contributed by atoms with Gasteiger partial charge in [0.2, 0.25) is 0 Å². The summed E-state index contributed by atoms with van der Waals surface area (Å²) in [5.74, 6) is 0. The van der Waals surface area contributed by atoms with E-state index in [-0.39, 0.29) is 35.7 Å². The number of phosphoric acid groups is 1. The van der Waals surface area contributed by atoms with Gasteiger partial charge in [-0.15, -0.1) is 10.1 Å². The summed E-state index contributed by atoms with van der Waals surface area (Å²) in [7, 11) is -4.89. The van der Waals surface area contributed by atoms with E-state index in [1.807, 2.05) is 0 Å². The van der Waals surface area contributed by atoms with Crippen LogP contribution in [0.15, 0.2) is 0 Å². The summed E-state index contributed by atoms with van der Waals surface area (Å²) >= 11 is 0. The first kappa shape index (κ1) is 29.3. The number of amides is 2. The molecule has 0 radical (unpaired) electrons. The zero-order chi connectivity index (χ0) is 11.7. The average Bonchev–Trinajstić information content (AvgIpc) is 1.50. The van der Waals surface area contributed by atoms with Crippen LogP contribution >= 0.6 is 7.82 Å². The van der Waals surface area contributed by atoms with E-state index >= 15 is 0 Å². The first-order chi connectivity index (χ1) is 5.46. The topological polar surface area (TPSA) is 248 Å². The Morgan fingerprint density at radius 2 is 1.33 bits per heavy atom. The molecule has 0 aliphatic heterocycles. The number of nitrogens with two attached hydrogens (primary N) is 2. The molecule has 10 N–H and O–H groups in total. The molecule has 0 aliphatic carbocycles. The van der Waals surface area contributed by atoms with E-state index in [2.05, 4.69) is 11.5 Å². The Kier molecular flexibility index (Phi) is 31.2. The van der Waals surface area contributed by atoms with Crippen molar-refractivity contribution in [3.63, 3.8) is 0 Å². The van der Waals surface area contributed by atoms with Gasteiger partial charge < -0.3 is 37.5 Å². The Balaban J connectivity index is -0.0000000315. The molecule has 0 aromatic heterocycles. The quantitative estimate of drug-likeness (QED) is 0.105. The summed E-state index contributed by atoms with van der Waals surface area (Å²) in [6.45, 7) is 0. The van der Waals surface area contributed by atoms with Crippen molar-refractivity contribution < 1.29 is 63.9 Å². The first-order valence-electron chi connectivity index (χ1n) is 2.11. The third-order valence-electron chi connectivity index (χ3n) is 0. The molecule has 0 unspecified atom stereocenters. The van der Waals surface area contributed by atoms with Crippen LogP contribution in [-0.4, -0.2) is 26.1 Å². The summed E-state index contributed by atoms with van der Waals surface area (Å²) in [4.78, 5) is 40.3. The van der Waals surface area contributed by atoms with Crippen LogP contribution in [-0.2, 0) is 4.57 Å². The summed E-state index contributed by atoms with van der Waals surface area (Å²) in [5.41, 5.74) is 8.50. The van der Waals surface area contributed by atoms with Crippen LogP contribution in [0.1, 0.15) is 0 Å². The van der Waals surface area contributed by atoms with E-state index in [1.165, 1.54) is 0 Å². The largest absolute Gasteiger partial charge is 1.00 e. The van der Waals surface area contributed by atoms with Crippen molar-refractivity contribution in [1.29, 1.82) is 0 Å². The molecule has 15 heavy (non-hydrogen) atoms. The smallest absolute Gasteiger partial charge is 0.756 e. The summed E-state index contributed by atoms with van der Waals surface area (Å²) in [5, 5.41) is 13.6. The molecule has 0 saturated heterocycles. The molecule has 88 valence electrons. The normalized spacial score (nSPS) is 7.13. The summed E-state index contributed by atoms with van der Waals surface area (Å²) in [6, 6.07) is -0.833. The molecular formula is CH10N4NaO8P. The molecular weight excluding hydrogens is 250 g/mol. The fraction of sp³-hybridized carbons (Fsp3) is 0.